The van der Waals surface area contributed by atoms with Crippen molar-refractivity contribution in [1.82, 2.24) is 15.1 Å². The molecule has 0 aliphatic heterocycles. The Morgan fingerprint density at radius 1 is 1.47 bits per heavy atom. The molecule has 2 aromatic rings. The second kappa shape index (κ2) is 5.62. The molecule has 5 nitrogen and oxygen atoms in total. The zero-order valence-electron chi connectivity index (χ0n) is 10.5. The number of benzene rings is 1. The van der Waals surface area contributed by atoms with Gasteiger partial charge in [-0.3, -0.25) is 9.89 Å². The van der Waals surface area contributed by atoms with E-state index >= 15 is 0 Å². The lowest BCUT2D eigenvalue weighted by Gasteiger charge is -2.16. The maximum Gasteiger partial charge on any atom is 0.253 e. The van der Waals surface area contributed by atoms with E-state index in [-0.39, 0.29) is 10.9 Å². The maximum absolute atomic E-state index is 12.3. The third kappa shape index (κ3) is 3.17. The highest BCUT2D eigenvalue weighted by Crippen LogP contribution is 2.10. The number of hydrogen-bond donors (Lipinski definition) is 2. The number of nitrogens with two attached hydrogens (primary N) is 1. The van der Waals surface area contributed by atoms with Crippen LogP contribution in [0, 0.1) is 0 Å². The molecule has 6 heteroatoms. The van der Waals surface area contributed by atoms with Gasteiger partial charge in [-0.05, 0) is 12.1 Å². The van der Waals surface area contributed by atoms with Gasteiger partial charge in [-0.2, -0.15) is 5.10 Å². The van der Waals surface area contributed by atoms with Crippen LogP contribution in [0.1, 0.15) is 21.5 Å². The van der Waals surface area contributed by atoms with E-state index in [1.165, 1.54) is 0 Å². The molecule has 0 bridgehead atoms. The van der Waals surface area contributed by atoms with Gasteiger partial charge in [0.1, 0.15) is 4.99 Å². The molecule has 0 aliphatic carbocycles. The molecule has 1 aromatic heterocycles. The van der Waals surface area contributed by atoms with Crippen molar-refractivity contribution in [3.05, 3.63) is 53.3 Å². The van der Waals surface area contributed by atoms with E-state index in [1.807, 2.05) is 0 Å². The number of hydrogen-bond acceptors (Lipinski definition) is 3. The van der Waals surface area contributed by atoms with Crippen LogP contribution in [0.25, 0.3) is 0 Å². The van der Waals surface area contributed by atoms with Gasteiger partial charge in [0.05, 0.1) is 6.20 Å². The van der Waals surface area contributed by atoms with E-state index < -0.39 is 0 Å². The van der Waals surface area contributed by atoms with Crippen molar-refractivity contribution in [2.24, 2.45) is 5.73 Å². The Kier molecular flexibility index (Phi) is 3.91. The van der Waals surface area contributed by atoms with Gasteiger partial charge in [0.15, 0.2) is 0 Å². The van der Waals surface area contributed by atoms with Gasteiger partial charge < -0.3 is 10.6 Å². The molecule has 0 spiro atoms. The van der Waals surface area contributed by atoms with Crippen molar-refractivity contribution in [2.75, 3.05) is 7.05 Å². The van der Waals surface area contributed by atoms with Gasteiger partial charge in [-0.15, -0.1) is 0 Å². The largest absolute Gasteiger partial charge is 0.389 e. The van der Waals surface area contributed by atoms with Gasteiger partial charge in [0.2, 0.25) is 0 Å². The Bertz CT molecular complexity index is 594. The first-order valence-corrected chi connectivity index (χ1v) is 6.11. The molecule has 1 aromatic carbocycles. The number of nitrogens with one attached hydrogen (secondary N) is 1. The third-order valence-corrected chi connectivity index (χ3v) is 2.95. The number of carbonyl (C=O) groups is 1. The Morgan fingerprint density at radius 2 is 2.21 bits per heavy atom. The first kappa shape index (κ1) is 13.2. The summed E-state index contributed by atoms with van der Waals surface area (Å²) in [6, 6.07) is 7.01. The number of amides is 1. The summed E-state index contributed by atoms with van der Waals surface area (Å²) in [7, 11) is 1.74. The lowest BCUT2D eigenvalue weighted by Crippen LogP contribution is -2.26. The predicted molar refractivity (Wildman–Crippen MR) is 76.7 cm³/mol. The Morgan fingerprint density at radius 3 is 2.84 bits per heavy atom. The normalized spacial score (nSPS) is 10.2. The molecule has 1 heterocycles. The Balaban J connectivity index is 2.14. The summed E-state index contributed by atoms with van der Waals surface area (Å²) in [6.45, 7) is 0.493. The van der Waals surface area contributed by atoms with E-state index in [4.69, 9.17) is 18.0 Å². The summed E-state index contributed by atoms with van der Waals surface area (Å²) in [5.41, 5.74) is 7.77. The van der Waals surface area contributed by atoms with Crippen LogP contribution >= 0.6 is 12.2 Å². The van der Waals surface area contributed by atoms with Crippen LogP contribution < -0.4 is 5.73 Å². The summed E-state index contributed by atoms with van der Waals surface area (Å²) < 4.78 is 0. The molecular formula is C13H14N4OS. The van der Waals surface area contributed by atoms with Crippen molar-refractivity contribution in [3.63, 3.8) is 0 Å². The summed E-state index contributed by atoms with van der Waals surface area (Å²) in [5, 5.41) is 6.56. The predicted octanol–water partition coefficient (Wildman–Crippen LogP) is 1.32. The van der Waals surface area contributed by atoms with Crippen LogP contribution in [0.15, 0.2) is 36.7 Å². The number of aromatic amines is 1. The van der Waals surface area contributed by atoms with Crippen molar-refractivity contribution < 1.29 is 4.79 Å². The lowest BCUT2D eigenvalue weighted by atomic mass is 10.1. The highest BCUT2D eigenvalue weighted by molar-refractivity contribution is 7.80. The minimum atomic E-state index is -0.0840. The Labute approximate surface area is 116 Å². The van der Waals surface area contributed by atoms with Gasteiger partial charge in [0.25, 0.3) is 5.91 Å². The smallest absolute Gasteiger partial charge is 0.253 e. The van der Waals surface area contributed by atoms with Crippen LogP contribution in [0.5, 0.6) is 0 Å². The average Bonchev–Trinajstić information content (AvgIpc) is 2.90. The standard InChI is InChI=1S/C13H14N4OS/c1-17(8-9-6-15-16-7-9)13(18)11-4-2-3-10(5-11)12(14)19/h2-7H,8H2,1H3,(H2,14,19)(H,15,16). The second-order valence-corrected chi connectivity index (χ2v) is 4.65. The molecule has 0 atom stereocenters. The van der Waals surface area contributed by atoms with E-state index in [0.717, 1.165) is 5.56 Å². The van der Waals surface area contributed by atoms with Crippen molar-refractivity contribution in [2.45, 2.75) is 6.54 Å². The molecule has 0 saturated carbocycles. The fourth-order valence-electron chi connectivity index (χ4n) is 1.74. The molecule has 0 aliphatic rings. The van der Waals surface area contributed by atoms with Crippen LogP contribution in [-0.2, 0) is 6.54 Å². The van der Waals surface area contributed by atoms with Gasteiger partial charge in [-0.25, -0.2) is 0 Å². The SMILES string of the molecule is CN(Cc1cn[nH]c1)C(=O)c1cccc(C(N)=S)c1. The number of thiocarbonyl (C=S) groups is 1. The number of carbonyl (C=O) groups excluding carboxylic acids is 1. The highest BCUT2D eigenvalue weighted by Gasteiger charge is 2.13. The number of rotatable bonds is 4. The van der Waals surface area contributed by atoms with Crippen LogP contribution in [0.2, 0.25) is 0 Å². The molecule has 1 amide bonds. The molecule has 2 rings (SSSR count). The molecule has 0 saturated heterocycles. The van der Waals surface area contributed by atoms with Crippen LogP contribution in [-0.4, -0.2) is 33.0 Å². The molecular weight excluding hydrogens is 260 g/mol. The number of aromatic nitrogens is 2. The summed E-state index contributed by atoms with van der Waals surface area (Å²) in [5.74, 6) is -0.0840. The van der Waals surface area contributed by atoms with Crippen molar-refractivity contribution in [1.29, 1.82) is 0 Å². The van der Waals surface area contributed by atoms with E-state index in [9.17, 15) is 4.79 Å². The minimum absolute atomic E-state index is 0.0840. The second-order valence-electron chi connectivity index (χ2n) is 4.21. The highest BCUT2D eigenvalue weighted by atomic mass is 32.1. The van der Waals surface area contributed by atoms with Crippen molar-refractivity contribution in [3.8, 4) is 0 Å². The van der Waals surface area contributed by atoms with Gasteiger partial charge in [-0.1, -0.05) is 24.4 Å². The molecule has 0 radical (unpaired) electrons. The number of H-pyrrole nitrogens is 1. The average molecular weight is 274 g/mol. The van der Waals surface area contributed by atoms with Crippen LogP contribution in [0.4, 0.5) is 0 Å². The quantitative estimate of drug-likeness (QED) is 0.824. The summed E-state index contributed by atoms with van der Waals surface area (Å²) >= 11 is 4.91. The zero-order chi connectivity index (χ0) is 13.8. The fourth-order valence-corrected chi connectivity index (χ4v) is 1.86. The van der Waals surface area contributed by atoms with Crippen LogP contribution in [0.3, 0.4) is 0 Å². The molecule has 3 N–H and O–H groups in total. The van der Waals surface area contributed by atoms with E-state index in [0.29, 0.717) is 17.7 Å². The van der Waals surface area contributed by atoms with E-state index in [1.54, 1.807) is 48.6 Å². The Hall–Kier alpha value is -2.21. The topological polar surface area (TPSA) is 75.0 Å². The maximum atomic E-state index is 12.3. The van der Waals surface area contributed by atoms with Gasteiger partial charge in [0, 0.05) is 36.5 Å². The molecule has 0 fully saturated rings. The molecule has 19 heavy (non-hydrogen) atoms. The third-order valence-electron chi connectivity index (χ3n) is 2.72. The summed E-state index contributed by atoms with van der Waals surface area (Å²) in [6.07, 6.45) is 3.45. The summed E-state index contributed by atoms with van der Waals surface area (Å²) in [4.78, 5) is 14.2. The zero-order valence-corrected chi connectivity index (χ0v) is 11.3. The monoisotopic (exact) mass is 274 g/mol. The van der Waals surface area contributed by atoms with E-state index in [2.05, 4.69) is 10.2 Å². The molecule has 98 valence electrons. The van der Waals surface area contributed by atoms with Gasteiger partial charge >= 0.3 is 0 Å². The fraction of sp³-hybridized carbons (Fsp3) is 0.154. The number of nitrogens with zero attached hydrogens (tertiary/aromatic N) is 2. The first-order valence-electron chi connectivity index (χ1n) is 5.71. The first-order chi connectivity index (χ1) is 9.08. The minimum Gasteiger partial charge on any atom is -0.389 e. The van der Waals surface area contributed by atoms with Crippen molar-refractivity contribution >= 4 is 23.1 Å². The molecule has 0 unspecified atom stereocenters. The lowest BCUT2D eigenvalue weighted by molar-refractivity contribution is 0.0785.